The molecule has 18 heavy (non-hydrogen) atoms. The van der Waals surface area contributed by atoms with Gasteiger partial charge in [-0.3, -0.25) is 0 Å². The van der Waals surface area contributed by atoms with E-state index < -0.39 is 0 Å². The Morgan fingerprint density at radius 2 is 1.72 bits per heavy atom. The summed E-state index contributed by atoms with van der Waals surface area (Å²) < 4.78 is 5.75. The molecule has 92 valence electrons. The Morgan fingerprint density at radius 3 is 2.50 bits per heavy atom. The molecule has 0 spiro atoms. The summed E-state index contributed by atoms with van der Waals surface area (Å²) in [5.41, 5.74) is 2.16. The lowest BCUT2D eigenvalue weighted by atomic mass is 10.2. The molecule has 0 saturated carbocycles. The minimum Gasteiger partial charge on any atom is -0.493 e. The van der Waals surface area contributed by atoms with Gasteiger partial charge in [-0.1, -0.05) is 42.5 Å². The largest absolute Gasteiger partial charge is 0.493 e. The lowest BCUT2D eigenvalue weighted by molar-refractivity contribution is 0.321. The molecule has 3 nitrogen and oxygen atoms in total. The molecule has 0 atom stereocenters. The van der Waals surface area contributed by atoms with Crippen LogP contribution in [0, 0.1) is 0 Å². The molecule has 0 fully saturated rings. The van der Waals surface area contributed by atoms with Crippen LogP contribution in [-0.2, 0) is 6.42 Å². The van der Waals surface area contributed by atoms with Crippen LogP contribution in [0.2, 0.25) is 0 Å². The van der Waals surface area contributed by atoms with Crippen LogP contribution in [0.3, 0.4) is 0 Å². The van der Waals surface area contributed by atoms with Crippen molar-refractivity contribution in [1.29, 1.82) is 0 Å². The second kappa shape index (κ2) is 6.45. The number of hydrogen-bond donors (Lipinski definition) is 1. The van der Waals surface area contributed by atoms with E-state index in [0.29, 0.717) is 6.61 Å². The third kappa shape index (κ3) is 3.35. The van der Waals surface area contributed by atoms with Crippen LogP contribution >= 0.6 is 0 Å². The van der Waals surface area contributed by atoms with Gasteiger partial charge in [0.2, 0.25) is 0 Å². The van der Waals surface area contributed by atoms with Gasteiger partial charge in [-0.25, -0.2) is 0 Å². The number of benzene rings is 2. The van der Waals surface area contributed by atoms with Crippen molar-refractivity contribution in [3.63, 3.8) is 0 Å². The number of rotatable bonds is 5. The zero-order chi connectivity index (χ0) is 12.6. The average molecular weight is 240 g/mol. The fourth-order valence-electron chi connectivity index (χ4n) is 1.72. The Morgan fingerprint density at radius 1 is 1.00 bits per heavy atom. The van der Waals surface area contributed by atoms with Gasteiger partial charge >= 0.3 is 0 Å². The van der Waals surface area contributed by atoms with Gasteiger partial charge in [0, 0.05) is 12.0 Å². The van der Waals surface area contributed by atoms with Crippen molar-refractivity contribution in [3.8, 4) is 5.75 Å². The van der Waals surface area contributed by atoms with Crippen molar-refractivity contribution in [2.45, 2.75) is 6.42 Å². The standard InChI is InChI=1S/C15H16N2O/c16-17-12-14-8-4-5-9-15(14)18-11-10-13-6-2-1-3-7-13/h1-9,12H,10-11,16H2. The third-order valence-corrected chi connectivity index (χ3v) is 2.62. The molecule has 2 rings (SSSR count). The summed E-state index contributed by atoms with van der Waals surface area (Å²) in [5, 5.41) is 3.53. The molecule has 0 radical (unpaired) electrons. The summed E-state index contributed by atoms with van der Waals surface area (Å²) in [7, 11) is 0. The Balaban J connectivity index is 1.94. The maximum absolute atomic E-state index is 5.75. The van der Waals surface area contributed by atoms with Crippen LogP contribution in [0.15, 0.2) is 59.7 Å². The summed E-state index contributed by atoms with van der Waals surface area (Å²) in [4.78, 5) is 0. The highest BCUT2D eigenvalue weighted by Gasteiger charge is 2.00. The van der Waals surface area contributed by atoms with E-state index in [2.05, 4.69) is 17.2 Å². The first-order chi connectivity index (χ1) is 8.90. The van der Waals surface area contributed by atoms with Gasteiger partial charge in [-0.05, 0) is 17.7 Å². The van der Waals surface area contributed by atoms with Crippen molar-refractivity contribution in [3.05, 3.63) is 65.7 Å². The van der Waals surface area contributed by atoms with Crippen LogP contribution in [0.1, 0.15) is 11.1 Å². The van der Waals surface area contributed by atoms with Crippen LogP contribution in [0.4, 0.5) is 0 Å². The van der Waals surface area contributed by atoms with Gasteiger partial charge in [0.1, 0.15) is 5.75 Å². The van der Waals surface area contributed by atoms with E-state index in [1.807, 2.05) is 42.5 Å². The van der Waals surface area contributed by atoms with Gasteiger partial charge in [0.25, 0.3) is 0 Å². The molecule has 0 saturated heterocycles. The quantitative estimate of drug-likeness (QED) is 0.496. The van der Waals surface area contributed by atoms with E-state index in [9.17, 15) is 0 Å². The molecule has 0 unspecified atom stereocenters. The summed E-state index contributed by atoms with van der Waals surface area (Å²) in [6, 6.07) is 18.0. The molecule has 0 aromatic heterocycles. The smallest absolute Gasteiger partial charge is 0.128 e. The number of nitrogens with zero attached hydrogens (tertiary/aromatic N) is 1. The van der Waals surface area contributed by atoms with Crippen molar-refractivity contribution >= 4 is 6.21 Å². The minimum absolute atomic E-state index is 0.638. The summed E-state index contributed by atoms with van der Waals surface area (Å²) in [6.45, 7) is 0.638. The van der Waals surface area contributed by atoms with Crippen molar-refractivity contribution < 1.29 is 4.74 Å². The highest BCUT2D eigenvalue weighted by Crippen LogP contribution is 2.16. The average Bonchev–Trinajstić information content (AvgIpc) is 2.42. The predicted molar refractivity (Wildman–Crippen MR) is 73.9 cm³/mol. The number of hydrogen-bond acceptors (Lipinski definition) is 3. The number of ether oxygens (including phenoxy) is 1. The Hall–Kier alpha value is -2.29. The fraction of sp³-hybridized carbons (Fsp3) is 0.133. The van der Waals surface area contributed by atoms with Crippen LogP contribution < -0.4 is 10.6 Å². The predicted octanol–water partition coefficient (Wildman–Crippen LogP) is 2.60. The van der Waals surface area contributed by atoms with Gasteiger partial charge in [-0.15, -0.1) is 0 Å². The second-order valence-electron chi connectivity index (χ2n) is 3.90. The zero-order valence-electron chi connectivity index (χ0n) is 10.1. The van der Waals surface area contributed by atoms with E-state index in [1.165, 1.54) is 5.56 Å². The summed E-state index contributed by atoms with van der Waals surface area (Å²) in [6.07, 6.45) is 2.48. The molecule has 3 heteroatoms. The van der Waals surface area contributed by atoms with E-state index in [1.54, 1.807) is 6.21 Å². The monoisotopic (exact) mass is 240 g/mol. The van der Waals surface area contributed by atoms with Crippen molar-refractivity contribution in [2.24, 2.45) is 10.9 Å². The Kier molecular flexibility index (Phi) is 4.36. The minimum atomic E-state index is 0.638. The molecule has 0 heterocycles. The highest BCUT2D eigenvalue weighted by molar-refractivity contribution is 5.83. The molecule has 2 aromatic carbocycles. The van der Waals surface area contributed by atoms with E-state index in [0.717, 1.165) is 17.7 Å². The van der Waals surface area contributed by atoms with Gasteiger partial charge in [0.15, 0.2) is 0 Å². The maximum atomic E-state index is 5.75. The van der Waals surface area contributed by atoms with Crippen LogP contribution in [0.25, 0.3) is 0 Å². The lowest BCUT2D eigenvalue weighted by Gasteiger charge is -2.08. The SMILES string of the molecule is NN=Cc1ccccc1OCCc1ccccc1. The number of para-hydroxylation sites is 1. The normalized spacial score (nSPS) is 10.7. The molecular weight excluding hydrogens is 224 g/mol. The van der Waals surface area contributed by atoms with Crippen LogP contribution in [-0.4, -0.2) is 12.8 Å². The highest BCUT2D eigenvalue weighted by atomic mass is 16.5. The first-order valence-electron chi connectivity index (χ1n) is 5.89. The maximum Gasteiger partial charge on any atom is 0.128 e. The molecule has 0 amide bonds. The molecule has 0 bridgehead atoms. The van der Waals surface area contributed by atoms with Crippen LogP contribution in [0.5, 0.6) is 5.75 Å². The first-order valence-corrected chi connectivity index (χ1v) is 5.89. The molecule has 0 aliphatic carbocycles. The van der Waals surface area contributed by atoms with Crippen molar-refractivity contribution in [1.82, 2.24) is 0 Å². The Labute approximate surface area is 107 Å². The van der Waals surface area contributed by atoms with E-state index in [4.69, 9.17) is 10.6 Å². The van der Waals surface area contributed by atoms with Gasteiger partial charge < -0.3 is 10.6 Å². The third-order valence-electron chi connectivity index (χ3n) is 2.62. The topological polar surface area (TPSA) is 47.6 Å². The number of hydrazone groups is 1. The fourth-order valence-corrected chi connectivity index (χ4v) is 1.72. The molecule has 2 aromatic rings. The van der Waals surface area contributed by atoms with Crippen molar-refractivity contribution in [2.75, 3.05) is 6.61 Å². The molecular formula is C15H16N2O. The molecule has 0 aliphatic rings. The van der Waals surface area contributed by atoms with E-state index >= 15 is 0 Å². The van der Waals surface area contributed by atoms with Gasteiger partial charge in [0.05, 0.1) is 12.8 Å². The summed E-state index contributed by atoms with van der Waals surface area (Å²) in [5.74, 6) is 5.97. The molecule has 0 aliphatic heterocycles. The summed E-state index contributed by atoms with van der Waals surface area (Å²) >= 11 is 0. The zero-order valence-corrected chi connectivity index (χ0v) is 10.1. The number of nitrogens with two attached hydrogens (primary N) is 1. The molecule has 2 N–H and O–H groups in total. The Bertz CT molecular complexity index is 509. The van der Waals surface area contributed by atoms with Gasteiger partial charge in [-0.2, -0.15) is 5.10 Å². The first kappa shape index (κ1) is 12.2. The second-order valence-corrected chi connectivity index (χ2v) is 3.90. The van der Waals surface area contributed by atoms with E-state index in [-0.39, 0.29) is 0 Å². The lowest BCUT2D eigenvalue weighted by Crippen LogP contribution is -2.03.